The highest BCUT2D eigenvalue weighted by Crippen LogP contribution is 2.22. The van der Waals surface area contributed by atoms with Gasteiger partial charge in [-0.25, -0.2) is 0 Å². The Morgan fingerprint density at radius 1 is 1.19 bits per heavy atom. The van der Waals surface area contributed by atoms with Crippen molar-refractivity contribution in [3.05, 3.63) is 60.4 Å². The molecule has 0 radical (unpaired) electrons. The molecule has 3 aromatic rings. The van der Waals surface area contributed by atoms with Gasteiger partial charge in [-0.15, -0.1) is 0 Å². The maximum atomic E-state index is 12.2. The topological polar surface area (TPSA) is 88.8 Å². The summed E-state index contributed by atoms with van der Waals surface area (Å²) in [4.78, 5) is 18.4. The number of para-hydroxylation sites is 1. The Morgan fingerprint density at radius 3 is 2.89 bits per heavy atom. The van der Waals surface area contributed by atoms with Gasteiger partial charge >= 0.3 is 0 Å². The summed E-state index contributed by atoms with van der Waals surface area (Å²) in [6.07, 6.45) is 5.34. The molecule has 1 fully saturated rings. The van der Waals surface area contributed by atoms with Crippen molar-refractivity contribution >= 4 is 11.9 Å². The van der Waals surface area contributed by atoms with E-state index in [1.807, 2.05) is 30.3 Å². The van der Waals surface area contributed by atoms with Crippen molar-refractivity contribution in [3.8, 4) is 5.69 Å². The summed E-state index contributed by atoms with van der Waals surface area (Å²) in [5, 5.41) is 15.2. The van der Waals surface area contributed by atoms with Crippen LogP contribution in [0, 0.1) is 5.92 Å². The maximum Gasteiger partial charge on any atom is 0.252 e. The number of pyridine rings is 1. The van der Waals surface area contributed by atoms with Gasteiger partial charge in [0.1, 0.15) is 0 Å². The fourth-order valence-electron chi connectivity index (χ4n) is 3.37. The van der Waals surface area contributed by atoms with Crippen molar-refractivity contribution in [2.24, 2.45) is 5.92 Å². The van der Waals surface area contributed by atoms with Gasteiger partial charge in [0.15, 0.2) is 0 Å². The molecule has 0 bridgehead atoms. The zero-order valence-electron chi connectivity index (χ0n) is 14.9. The van der Waals surface area contributed by atoms with Crippen LogP contribution in [-0.4, -0.2) is 50.7 Å². The second-order valence-corrected chi connectivity index (χ2v) is 6.63. The smallest absolute Gasteiger partial charge is 0.252 e. The normalized spacial score (nSPS) is 16.9. The molecule has 1 atom stereocenters. The number of carbonyl (C=O) groups is 1. The summed E-state index contributed by atoms with van der Waals surface area (Å²) in [7, 11) is 0. The first-order chi connectivity index (χ1) is 13.3. The SMILES string of the molecule is O=C(NC[C@@H]1CCCN(c2nnnn2-c2ccccc2)C1)c1cccnc1. The molecule has 1 N–H and O–H groups in total. The van der Waals surface area contributed by atoms with Crippen LogP contribution in [0.25, 0.3) is 5.69 Å². The molecule has 3 heterocycles. The molecule has 8 heteroatoms. The van der Waals surface area contributed by atoms with Gasteiger partial charge in [0, 0.05) is 32.0 Å². The molecule has 0 spiro atoms. The number of benzene rings is 1. The zero-order valence-corrected chi connectivity index (χ0v) is 14.9. The molecular formula is C19H21N7O. The summed E-state index contributed by atoms with van der Waals surface area (Å²) in [5.41, 5.74) is 1.52. The van der Waals surface area contributed by atoms with E-state index < -0.39 is 0 Å². The monoisotopic (exact) mass is 363 g/mol. The highest BCUT2D eigenvalue weighted by molar-refractivity contribution is 5.93. The summed E-state index contributed by atoms with van der Waals surface area (Å²) >= 11 is 0. The van der Waals surface area contributed by atoms with Gasteiger partial charge in [0.2, 0.25) is 5.95 Å². The summed E-state index contributed by atoms with van der Waals surface area (Å²) in [6, 6.07) is 13.4. The lowest BCUT2D eigenvalue weighted by Crippen LogP contribution is -2.42. The lowest BCUT2D eigenvalue weighted by molar-refractivity contribution is 0.0945. The van der Waals surface area contributed by atoms with Gasteiger partial charge in [-0.05, 0) is 53.5 Å². The molecule has 2 aromatic heterocycles. The van der Waals surface area contributed by atoms with Crippen molar-refractivity contribution in [1.29, 1.82) is 0 Å². The number of nitrogens with zero attached hydrogens (tertiary/aromatic N) is 6. The molecule has 0 unspecified atom stereocenters. The van der Waals surface area contributed by atoms with Crippen LogP contribution in [0.15, 0.2) is 54.9 Å². The van der Waals surface area contributed by atoms with Crippen molar-refractivity contribution in [1.82, 2.24) is 30.5 Å². The van der Waals surface area contributed by atoms with Crippen LogP contribution in [0.4, 0.5) is 5.95 Å². The van der Waals surface area contributed by atoms with Gasteiger partial charge in [-0.3, -0.25) is 9.78 Å². The van der Waals surface area contributed by atoms with Crippen LogP contribution < -0.4 is 10.2 Å². The van der Waals surface area contributed by atoms with E-state index in [-0.39, 0.29) is 5.91 Å². The molecule has 1 amide bonds. The number of piperidine rings is 1. The molecule has 1 aliphatic heterocycles. The lowest BCUT2D eigenvalue weighted by atomic mass is 9.98. The van der Waals surface area contributed by atoms with E-state index in [1.54, 1.807) is 29.2 Å². The van der Waals surface area contributed by atoms with Crippen LogP contribution in [0.2, 0.25) is 0 Å². The van der Waals surface area contributed by atoms with Crippen molar-refractivity contribution in [3.63, 3.8) is 0 Å². The Hall–Kier alpha value is -3.29. The van der Waals surface area contributed by atoms with E-state index in [0.717, 1.165) is 37.6 Å². The minimum atomic E-state index is -0.0886. The number of amides is 1. The number of anilines is 1. The van der Waals surface area contributed by atoms with Crippen LogP contribution in [0.5, 0.6) is 0 Å². The van der Waals surface area contributed by atoms with Crippen molar-refractivity contribution < 1.29 is 4.79 Å². The number of tetrazole rings is 1. The second-order valence-electron chi connectivity index (χ2n) is 6.63. The Bertz CT molecular complexity index is 881. The molecule has 4 rings (SSSR count). The number of aromatic nitrogens is 5. The predicted octanol–water partition coefficient (Wildman–Crippen LogP) is 1.70. The summed E-state index contributed by atoms with van der Waals surface area (Å²) in [5.74, 6) is 0.999. The Morgan fingerprint density at radius 2 is 2.07 bits per heavy atom. The molecule has 27 heavy (non-hydrogen) atoms. The van der Waals surface area contributed by atoms with Crippen LogP contribution >= 0.6 is 0 Å². The third-order valence-electron chi connectivity index (χ3n) is 4.73. The van der Waals surface area contributed by atoms with E-state index in [0.29, 0.717) is 18.0 Å². The predicted molar refractivity (Wildman–Crippen MR) is 101 cm³/mol. The molecular weight excluding hydrogens is 342 g/mol. The largest absolute Gasteiger partial charge is 0.352 e. The molecule has 1 saturated heterocycles. The van der Waals surface area contributed by atoms with E-state index in [4.69, 9.17) is 0 Å². The van der Waals surface area contributed by atoms with Gasteiger partial charge in [-0.2, -0.15) is 4.68 Å². The van der Waals surface area contributed by atoms with E-state index >= 15 is 0 Å². The van der Waals surface area contributed by atoms with E-state index in [1.165, 1.54) is 0 Å². The van der Waals surface area contributed by atoms with E-state index in [2.05, 4.69) is 30.7 Å². The molecule has 138 valence electrons. The fourth-order valence-corrected chi connectivity index (χ4v) is 3.37. The maximum absolute atomic E-state index is 12.2. The molecule has 0 saturated carbocycles. The molecule has 1 aromatic carbocycles. The highest BCUT2D eigenvalue weighted by Gasteiger charge is 2.25. The average Bonchev–Trinajstić information content (AvgIpc) is 3.23. The number of hydrogen-bond acceptors (Lipinski definition) is 6. The Labute approximate surface area is 157 Å². The molecule has 0 aliphatic carbocycles. The third kappa shape index (κ3) is 3.94. The minimum Gasteiger partial charge on any atom is -0.352 e. The molecule has 8 nitrogen and oxygen atoms in total. The van der Waals surface area contributed by atoms with Gasteiger partial charge < -0.3 is 10.2 Å². The Balaban J connectivity index is 1.41. The fraction of sp³-hybridized carbons (Fsp3) is 0.316. The zero-order chi connectivity index (χ0) is 18.5. The number of carbonyl (C=O) groups excluding carboxylic acids is 1. The van der Waals surface area contributed by atoms with Crippen molar-refractivity contribution in [2.75, 3.05) is 24.5 Å². The standard InChI is InChI=1S/C19H21N7O/c27-18(16-7-4-10-20-13-16)21-12-15-6-5-11-25(14-15)19-22-23-24-26(19)17-8-2-1-3-9-17/h1-4,7-10,13,15H,5-6,11-12,14H2,(H,21,27)/t15-/m0/s1. The van der Waals surface area contributed by atoms with Crippen LogP contribution in [0.1, 0.15) is 23.2 Å². The first kappa shape index (κ1) is 17.1. The minimum absolute atomic E-state index is 0.0886. The van der Waals surface area contributed by atoms with Gasteiger partial charge in [-0.1, -0.05) is 23.3 Å². The Kier molecular flexibility index (Phi) is 5.04. The molecule has 1 aliphatic rings. The number of rotatable bonds is 5. The third-order valence-corrected chi connectivity index (χ3v) is 4.73. The highest BCUT2D eigenvalue weighted by atomic mass is 16.1. The van der Waals surface area contributed by atoms with E-state index in [9.17, 15) is 4.79 Å². The average molecular weight is 363 g/mol. The summed E-state index contributed by atoms with van der Waals surface area (Å²) in [6.45, 7) is 2.33. The first-order valence-corrected chi connectivity index (χ1v) is 9.08. The van der Waals surface area contributed by atoms with Crippen LogP contribution in [-0.2, 0) is 0 Å². The van der Waals surface area contributed by atoms with Crippen LogP contribution in [0.3, 0.4) is 0 Å². The quantitative estimate of drug-likeness (QED) is 0.742. The number of nitrogens with one attached hydrogen (secondary N) is 1. The van der Waals surface area contributed by atoms with Crippen molar-refractivity contribution in [2.45, 2.75) is 12.8 Å². The second kappa shape index (κ2) is 7.94. The lowest BCUT2D eigenvalue weighted by Gasteiger charge is -2.33. The van der Waals surface area contributed by atoms with Gasteiger partial charge in [0.25, 0.3) is 5.91 Å². The summed E-state index contributed by atoms with van der Waals surface area (Å²) < 4.78 is 1.76. The van der Waals surface area contributed by atoms with Gasteiger partial charge in [0.05, 0.1) is 11.3 Å². The first-order valence-electron chi connectivity index (χ1n) is 9.08. The number of hydrogen-bond donors (Lipinski definition) is 1.